The molecule has 0 aromatic heterocycles. The predicted molar refractivity (Wildman–Crippen MR) is 123 cm³/mol. The highest BCUT2D eigenvalue weighted by Crippen LogP contribution is 2.27. The highest BCUT2D eigenvalue weighted by atomic mass is 16.7. The van der Waals surface area contributed by atoms with Crippen LogP contribution in [-0.2, 0) is 19.0 Å². The van der Waals surface area contributed by atoms with Crippen LogP contribution in [0.25, 0.3) is 0 Å². The Morgan fingerprint density at radius 3 is 2.45 bits per heavy atom. The minimum atomic E-state index is -0.865. The van der Waals surface area contributed by atoms with Crippen molar-refractivity contribution in [3.63, 3.8) is 0 Å². The molecule has 1 saturated heterocycles. The van der Waals surface area contributed by atoms with Gasteiger partial charge < -0.3 is 33.9 Å². The standard InChI is InChI=1S/C24H36N2O7/c1-7-29-21-10-8-9-11-22(21)31-15-20-14-26(12-13-30-20)24(28)33-19(6)32-17(4)23(16(2)3)25-18(5)27/h8-11,16,19-20,23H,4,7,12-15H2,1-3,5-6H3,(H,25,27). The Hall–Kier alpha value is -2.94. The number of nitrogens with zero attached hydrogens (tertiary/aromatic N) is 1. The van der Waals surface area contributed by atoms with Gasteiger partial charge in [0.05, 0.1) is 25.8 Å². The van der Waals surface area contributed by atoms with Crippen molar-refractivity contribution >= 4 is 12.0 Å². The summed E-state index contributed by atoms with van der Waals surface area (Å²) < 4.78 is 28.3. The number of nitrogens with one attached hydrogen (secondary N) is 1. The monoisotopic (exact) mass is 464 g/mol. The number of morpholine rings is 1. The van der Waals surface area contributed by atoms with Crippen molar-refractivity contribution in [2.45, 2.75) is 53.1 Å². The van der Waals surface area contributed by atoms with Crippen molar-refractivity contribution in [1.29, 1.82) is 0 Å². The molecule has 3 atom stereocenters. The van der Waals surface area contributed by atoms with Crippen LogP contribution >= 0.6 is 0 Å². The highest BCUT2D eigenvalue weighted by Gasteiger charge is 2.28. The Kier molecular flexibility index (Phi) is 10.3. The Morgan fingerprint density at radius 2 is 1.85 bits per heavy atom. The zero-order valence-corrected chi connectivity index (χ0v) is 20.2. The van der Waals surface area contributed by atoms with E-state index >= 15 is 0 Å². The molecule has 0 bridgehead atoms. The predicted octanol–water partition coefficient (Wildman–Crippen LogP) is 3.34. The Balaban J connectivity index is 1.85. The molecule has 1 aromatic rings. The molecule has 9 heteroatoms. The van der Waals surface area contributed by atoms with Crippen LogP contribution in [0.15, 0.2) is 36.6 Å². The van der Waals surface area contributed by atoms with Gasteiger partial charge in [0.2, 0.25) is 12.2 Å². The van der Waals surface area contributed by atoms with E-state index in [1.54, 1.807) is 11.8 Å². The van der Waals surface area contributed by atoms with Crippen LogP contribution in [0.4, 0.5) is 4.79 Å². The molecule has 1 aliphatic rings. The third-order valence-corrected chi connectivity index (χ3v) is 4.93. The van der Waals surface area contributed by atoms with Gasteiger partial charge in [-0.2, -0.15) is 0 Å². The number of benzene rings is 1. The number of hydrogen-bond acceptors (Lipinski definition) is 7. The molecular formula is C24H36N2O7. The van der Waals surface area contributed by atoms with Crippen LogP contribution in [0.1, 0.15) is 34.6 Å². The number of amides is 2. The third-order valence-electron chi connectivity index (χ3n) is 4.93. The maximum absolute atomic E-state index is 12.6. The maximum Gasteiger partial charge on any atom is 0.413 e. The first kappa shape index (κ1) is 26.3. The van der Waals surface area contributed by atoms with Gasteiger partial charge in [0, 0.05) is 20.4 Å². The lowest BCUT2D eigenvalue weighted by molar-refractivity contribution is -0.121. The number of rotatable bonds is 11. The Bertz CT molecular complexity index is 799. The van der Waals surface area contributed by atoms with Crippen LogP contribution in [0.5, 0.6) is 11.5 Å². The van der Waals surface area contributed by atoms with E-state index in [4.69, 9.17) is 23.7 Å². The second-order valence-corrected chi connectivity index (χ2v) is 8.09. The van der Waals surface area contributed by atoms with E-state index in [-0.39, 0.29) is 30.6 Å². The smallest absolute Gasteiger partial charge is 0.413 e. The first-order chi connectivity index (χ1) is 15.7. The molecule has 0 spiro atoms. The molecule has 2 amide bonds. The molecule has 0 aliphatic carbocycles. The summed E-state index contributed by atoms with van der Waals surface area (Å²) >= 11 is 0. The quantitative estimate of drug-likeness (QED) is 0.396. The number of hydrogen-bond donors (Lipinski definition) is 1. The molecule has 1 heterocycles. The van der Waals surface area contributed by atoms with Crippen LogP contribution in [0.2, 0.25) is 0 Å². The minimum Gasteiger partial charge on any atom is -0.490 e. The van der Waals surface area contributed by atoms with E-state index in [2.05, 4.69) is 11.9 Å². The first-order valence-corrected chi connectivity index (χ1v) is 11.3. The van der Waals surface area contributed by atoms with Gasteiger partial charge in [0.15, 0.2) is 11.5 Å². The lowest BCUT2D eigenvalue weighted by Crippen LogP contribution is -2.48. The van der Waals surface area contributed by atoms with E-state index in [1.807, 2.05) is 45.0 Å². The van der Waals surface area contributed by atoms with Gasteiger partial charge >= 0.3 is 6.09 Å². The summed E-state index contributed by atoms with van der Waals surface area (Å²) in [5.41, 5.74) is 0. The fraction of sp³-hybridized carbons (Fsp3) is 0.583. The van der Waals surface area contributed by atoms with Crippen molar-refractivity contribution < 1.29 is 33.3 Å². The number of para-hydroxylation sites is 2. The second-order valence-electron chi connectivity index (χ2n) is 8.09. The second kappa shape index (κ2) is 12.9. The summed E-state index contributed by atoms with van der Waals surface area (Å²) in [6.07, 6.45) is -1.69. The van der Waals surface area contributed by atoms with Gasteiger partial charge in [-0.25, -0.2) is 4.79 Å². The molecule has 1 aromatic carbocycles. The number of carbonyl (C=O) groups is 2. The van der Waals surface area contributed by atoms with Crippen molar-refractivity contribution in [3.8, 4) is 11.5 Å². The van der Waals surface area contributed by atoms with E-state index in [1.165, 1.54) is 6.92 Å². The summed E-state index contributed by atoms with van der Waals surface area (Å²) in [6, 6.07) is 7.04. The van der Waals surface area contributed by atoms with Gasteiger partial charge in [-0.15, -0.1) is 0 Å². The largest absolute Gasteiger partial charge is 0.490 e. The minimum absolute atomic E-state index is 0.0668. The molecule has 3 unspecified atom stereocenters. The zero-order chi connectivity index (χ0) is 24.4. The summed E-state index contributed by atoms with van der Waals surface area (Å²) in [6.45, 7) is 14.6. The van der Waals surface area contributed by atoms with Crippen molar-refractivity contribution in [1.82, 2.24) is 10.2 Å². The van der Waals surface area contributed by atoms with Crippen LogP contribution in [0, 0.1) is 5.92 Å². The van der Waals surface area contributed by atoms with Crippen LogP contribution in [-0.4, -0.2) is 68.2 Å². The molecule has 1 aliphatic heterocycles. The number of carbonyl (C=O) groups excluding carboxylic acids is 2. The van der Waals surface area contributed by atoms with Crippen molar-refractivity contribution in [2.24, 2.45) is 5.92 Å². The SMILES string of the molecule is C=C(OC(C)OC(=O)N1CCOC(COc2ccccc2OCC)C1)C(NC(C)=O)C(C)C. The normalized spacial score (nSPS) is 17.6. The lowest BCUT2D eigenvalue weighted by Gasteiger charge is -2.33. The highest BCUT2D eigenvalue weighted by molar-refractivity contribution is 5.73. The average Bonchev–Trinajstić information content (AvgIpc) is 2.76. The Morgan fingerprint density at radius 1 is 1.18 bits per heavy atom. The van der Waals surface area contributed by atoms with E-state index in [9.17, 15) is 9.59 Å². The van der Waals surface area contributed by atoms with E-state index in [0.29, 0.717) is 43.6 Å². The molecule has 184 valence electrons. The Labute approximate surface area is 196 Å². The third kappa shape index (κ3) is 8.49. The van der Waals surface area contributed by atoms with Gasteiger partial charge in [-0.05, 0) is 25.0 Å². The fourth-order valence-corrected chi connectivity index (χ4v) is 3.38. The van der Waals surface area contributed by atoms with Crippen molar-refractivity contribution in [3.05, 3.63) is 36.6 Å². The van der Waals surface area contributed by atoms with Gasteiger partial charge in [-0.1, -0.05) is 32.6 Å². The maximum atomic E-state index is 12.6. The summed E-state index contributed by atoms with van der Waals surface area (Å²) in [7, 11) is 0. The molecule has 0 radical (unpaired) electrons. The molecule has 9 nitrogen and oxygen atoms in total. The molecule has 2 rings (SSSR count). The van der Waals surface area contributed by atoms with Gasteiger partial charge in [-0.3, -0.25) is 4.79 Å². The molecule has 33 heavy (non-hydrogen) atoms. The lowest BCUT2D eigenvalue weighted by atomic mass is 10.0. The first-order valence-electron chi connectivity index (χ1n) is 11.3. The van der Waals surface area contributed by atoms with Gasteiger partial charge in [0.25, 0.3) is 0 Å². The molecular weight excluding hydrogens is 428 g/mol. The molecule has 0 saturated carbocycles. The van der Waals surface area contributed by atoms with E-state index < -0.39 is 12.4 Å². The van der Waals surface area contributed by atoms with Gasteiger partial charge in [0.1, 0.15) is 18.5 Å². The topological polar surface area (TPSA) is 95.6 Å². The summed E-state index contributed by atoms with van der Waals surface area (Å²) in [4.78, 5) is 25.6. The van der Waals surface area contributed by atoms with Crippen molar-refractivity contribution in [2.75, 3.05) is 32.9 Å². The van der Waals surface area contributed by atoms with E-state index in [0.717, 1.165) is 0 Å². The van der Waals surface area contributed by atoms with Crippen LogP contribution in [0.3, 0.4) is 0 Å². The molecule has 1 fully saturated rings. The zero-order valence-electron chi connectivity index (χ0n) is 20.2. The summed E-state index contributed by atoms with van der Waals surface area (Å²) in [5.74, 6) is 1.51. The fourth-order valence-electron chi connectivity index (χ4n) is 3.38. The summed E-state index contributed by atoms with van der Waals surface area (Å²) in [5, 5.41) is 2.79. The number of ether oxygens (including phenoxy) is 5. The average molecular weight is 465 g/mol. The molecule has 1 N–H and O–H groups in total. The van der Waals surface area contributed by atoms with Crippen LogP contribution < -0.4 is 14.8 Å².